The molecule has 3 rings (SSSR count). The normalized spacial score (nSPS) is 15.1. The van der Waals surface area contributed by atoms with Gasteiger partial charge < -0.3 is 24.6 Å². The molecular formula is C26H35N3O4. The Morgan fingerprint density at radius 2 is 1.61 bits per heavy atom. The van der Waals surface area contributed by atoms with Gasteiger partial charge in [0.05, 0.1) is 19.8 Å². The average Bonchev–Trinajstić information content (AvgIpc) is 2.83. The molecule has 1 unspecified atom stereocenters. The van der Waals surface area contributed by atoms with E-state index in [1.165, 1.54) is 12.7 Å². The number of rotatable bonds is 7. The van der Waals surface area contributed by atoms with Crippen molar-refractivity contribution < 1.29 is 19.1 Å². The van der Waals surface area contributed by atoms with Crippen LogP contribution in [0.3, 0.4) is 0 Å². The predicted molar refractivity (Wildman–Crippen MR) is 129 cm³/mol. The molecule has 0 spiro atoms. The first-order chi connectivity index (χ1) is 15.7. The molecule has 1 heterocycles. The molecule has 0 saturated carbocycles. The Hall–Kier alpha value is -3.22. The van der Waals surface area contributed by atoms with E-state index in [9.17, 15) is 9.59 Å². The largest absolute Gasteiger partial charge is 0.497 e. The molecule has 2 aromatic carbocycles. The Morgan fingerprint density at radius 3 is 2.21 bits per heavy atom. The van der Waals surface area contributed by atoms with E-state index in [0.29, 0.717) is 43.2 Å². The third kappa shape index (κ3) is 5.97. The first-order valence-corrected chi connectivity index (χ1v) is 11.4. The van der Waals surface area contributed by atoms with Gasteiger partial charge >= 0.3 is 6.03 Å². The van der Waals surface area contributed by atoms with Crippen molar-refractivity contribution in [3.8, 4) is 11.5 Å². The summed E-state index contributed by atoms with van der Waals surface area (Å²) < 4.78 is 10.6. The Morgan fingerprint density at radius 1 is 0.970 bits per heavy atom. The molecule has 7 heteroatoms. The van der Waals surface area contributed by atoms with E-state index in [0.717, 1.165) is 6.42 Å². The van der Waals surface area contributed by atoms with Crippen molar-refractivity contribution in [2.75, 3.05) is 40.4 Å². The highest BCUT2D eigenvalue weighted by Crippen LogP contribution is 2.28. The molecule has 0 aromatic heterocycles. The average molecular weight is 454 g/mol. The van der Waals surface area contributed by atoms with Crippen LogP contribution in [0.4, 0.5) is 4.79 Å². The number of carbonyl (C=O) groups excluding carboxylic acids is 2. The summed E-state index contributed by atoms with van der Waals surface area (Å²) in [5.74, 6) is 1.01. The first kappa shape index (κ1) is 24.4. The molecule has 1 N–H and O–H groups in total. The third-order valence-electron chi connectivity index (χ3n) is 6.23. The van der Waals surface area contributed by atoms with Crippen molar-refractivity contribution in [2.45, 2.75) is 38.6 Å². The molecule has 0 aliphatic carbocycles. The standard InChI is InChI=1S/C26H35N3O4/c1-19(18-26(2,3)20-9-7-6-8-10-20)27-25(31)29-15-13-28(14-16-29)24(30)22-12-11-21(32-4)17-23(22)33-5/h6-12,17,19H,13-16,18H2,1-5H3,(H,27,31). The summed E-state index contributed by atoms with van der Waals surface area (Å²) in [5.41, 5.74) is 1.70. The van der Waals surface area contributed by atoms with Gasteiger partial charge in [0.1, 0.15) is 11.5 Å². The van der Waals surface area contributed by atoms with Crippen molar-refractivity contribution in [2.24, 2.45) is 0 Å². The minimum absolute atomic E-state index is 0.0240. The van der Waals surface area contributed by atoms with Crippen molar-refractivity contribution >= 4 is 11.9 Å². The molecule has 3 amide bonds. The second-order valence-corrected chi connectivity index (χ2v) is 9.15. The number of hydrogen-bond acceptors (Lipinski definition) is 4. The number of carbonyl (C=O) groups is 2. The zero-order valence-electron chi connectivity index (χ0n) is 20.3. The van der Waals surface area contributed by atoms with Crippen LogP contribution < -0.4 is 14.8 Å². The SMILES string of the molecule is COc1ccc(C(=O)N2CCN(C(=O)NC(C)CC(C)(C)c3ccccc3)CC2)c(OC)c1. The van der Waals surface area contributed by atoms with Crippen LogP contribution in [0.25, 0.3) is 0 Å². The van der Waals surface area contributed by atoms with Gasteiger partial charge in [-0.2, -0.15) is 0 Å². The maximum atomic E-state index is 13.0. The van der Waals surface area contributed by atoms with E-state index in [2.05, 4.69) is 31.3 Å². The minimum Gasteiger partial charge on any atom is -0.497 e. The van der Waals surface area contributed by atoms with Crippen LogP contribution in [0.2, 0.25) is 0 Å². The van der Waals surface area contributed by atoms with E-state index >= 15 is 0 Å². The smallest absolute Gasteiger partial charge is 0.317 e. The summed E-state index contributed by atoms with van der Waals surface area (Å²) >= 11 is 0. The van der Waals surface area contributed by atoms with E-state index in [1.54, 1.807) is 35.1 Å². The molecule has 0 radical (unpaired) electrons. The van der Waals surface area contributed by atoms with Gasteiger partial charge in [0.2, 0.25) is 0 Å². The fourth-order valence-corrected chi connectivity index (χ4v) is 4.38. The van der Waals surface area contributed by atoms with Crippen LogP contribution in [0, 0.1) is 0 Å². The lowest BCUT2D eigenvalue weighted by Crippen LogP contribution is -2.54. The van der Waals surface area contributed by atoms with Crippen LogP contribution in [0.5, 0.6) is 11.5 Å². The van der Waals surface area contributed by atoms with Crippen molar-refractivity contribution in [3.63, 3.8) is 0 Å². The fraction of sp³-hybridized carbons (Fsp3) is 0.462. The maximum Gasteiger partial charge on any atom is 0.317 e. The molecule has 1 saturated heterocycles. The van der Waals surface area contributed by atoms with Crippen molar-refractivity contribution in [3.05, 3.63) is 59.7 Å². The Kier molecular flexibility index (Phi) is 7.84. The summed E-state index contributed by atoms with van der Waals surface area (Å²) in [6.07, 6.45) is 0.832. The number of nitrogens with zero attached hydrogens (tertiary/aromatic N) is 2. The van der Waals surface area contributed by atoms with Crippen LogP contribution in [-0.2, 0) is 5.41 Å². The highest BCUT2D eigenvalue weighted by Gasteiger charge is 2.29. The summed E-state index contributed by atoms with van der Waals surface area (Å²) in [6, 6.07) is 15.5. The zero-order chi connectivity index (χ0) is 24.0. The summed E-state index contributed by atoms with van der Waals surface area (Å²) in [6.45, 7) is 8.37. The lowest BCUT2D eigenvalue weighted by molar-refractivity contribution is 0.0659. The highest BCUT2D eigenvalue weighted by molar-refractivity contribution is 5.97. The molecule has 1 atom stereocenters. The first-order valence-electron chi connectivity index (χ1n) is 11.4. The third-order valence-corrected chi connectivity index (χ3v) is 6.23. The summed E-state index contributed by atoms with van der Waals surface area (Å²) in [7, 11) is 3.11. The van der Waals surface area contributed by atoms with Crippen molar-refractivity contribution in [1.29, 1.82) is 0 Å². The van der Waals surface area contributed by atoms with Crippen LogP contribution in [-0.4, -0.2) is 68.2 Å². The number of hydrogen-bond donors (Lipinski definition) is 1. The predicted octanol–water partition coefficient (Wildman–Crippen LogP) is 3.93. The molecule has 1 aliphatic heterocycles. The summed E-state index contributed by atoms with van der Waals surface area (Å²) in [4.78, 5) is 29.4. The highest BCUT2D eigenvalue weighted by atomic mass is 16.5. The van der Waals surface area contributed by atoms with Gasteiger partial charge in [0.15, 0.2) is 0 Å². The van der Waals surface area contributed by atoms with Crippen LogP contribution in [0.15, 0.2) is 48.5 Å². The van der Waals surface area contributed by atoms with E-state index < -0.39 is 0 Å². The lowest BCUT2D eigenvalue weighted by atomic mass is 9.79. The number of ether oxygens (including phenoxy) is 2. The Balaban J connectivity index is 1.53. The second kappa shape index (κ2) is 10.6. The number of amides is 3. The van der Waals surface area contributed by atoms with E-state index in [4.69, 9.17) is 9.47 Å². The molecular weight excluding hydrogens is 418 g/mol. The minimum atomic E-state index is -0.104. The molecule has 0 bridgehead atoms. The molecule has 178 valence electrons. The number of urea groups is 1. The number of methoxy groups -OCH3 is 2. The Labute approximate surface area is 196 Å². The zero-order valence-corrected chi connectivity index (χ0v) is 20.3. The van der Waals surface area contributed by atoms with Gasteiger partial charge in [0.25, 0.3) is 5.91 Å². The number of nitrogens with one attached hydrogen (secondary N) is 1. The molecule has 2 aromatic rings. The topological polar surface area (TPSA) is 71.1 Å². The second-order valence-electron chi connectivity index (χ2n) is 9.15. The van der Waals surface area contributed by atoms with Crippen LogP contribution >= 0.6 is 0 Å². The maximum absolute atomic E-state index is 13.0. The number of benzene rings is 2. The van der Waals surface area contributed by atoms with Gasteiger partial charge in [-0.25, -0.2) is 4.79 Å². The monoisotopic (exact) mass is 453 g/mol. The van der Waals surface area contributed by atoms with Gasteiger partial charge in [-0.1, -0.05) is 44.2 Å². The van der Waals surface area contributed by atoms with Gasteiger partial charge in [-0.15, -0.1) is 0 Å². The van der Waals surface area contributed by atoms with Crippen LogP contribution in [0.1, 0.15) is 43.1 Å². The number of piperazine rings is 1. The van der Waals surface area contributed by atoms with Gasteiger partial charge in [-0.3, -0.25) is 4.79 Å². The molecule has 1 aliphatic rings. The molecule has 1 fully saturated rings. The molecule has 7 nitrogen and oxygen atoms in total. The van der Waals surface area contributed by atoms with Crippen molar-refractivity contribution in [1.82, 2.24) is 15.1 Å². The Bertz CT molecular complexity index is 953. The lowest BCUT2D eigenvalue weighted by Gasteiger charge is -2.36. The summed E-state index contributed by atoms with van der Waals surface area (Å²) in [5, 5.41) is 3.13. The van der Waals surface area contributed by atoms with E-state index in [-0.39, 0.29) is 23.4 Å². The van der Waals surface area contributed by atoms with Gasteiger partial charge in [0, 0.05) is 38.3 Å². The van der Waals surface area contributed by atoms with E-state index in [1.807, 2.05) is 25.1 Å². The van der Waals surface area contributed by atoms with Gasteiger partial charge in [-0.05, 0) is 36.5 Å². The fourth-order valence-electron chi connectivity index (χ4n) is 4.38. The molecule has 33 heavy (non-hydrogen) atoms. The quantitative estimate of drug-likeness (QED) is 0.690.